The lowest BCUT2D eigenvalue weighted by molar-refractivity contribution is -0.321. The fourth-order valence-electron chi connectivity index (χ4n) is 4.02. The molecule has 2 saturated heterocycles. The third-order valence-corrected chi connectivity index (χ3v) is 5.78. The van der Waals surface area contributed by atoms with E-state index in [1.165, 1.54) is 20.8 Å². The highest BCUT2D eigenvalue weighted by atomic mass is 19.4. The van der Waals surface area contributed by atoms with Crippen molar-refractivity contribution < 1.29 is 55.1 Å². The molecule has 0 radical (unpaired) electrons. The Morgan fingerprint density at radius 3 is 2.22 bits per heavy atom. The Kier molecular flexibility index (Phi) is 9.20. The maximum atomic E-state index is 13.4. The summed E-state index contributed by atoms with van der Waals surface area (Å²) in [5, 5.41) is 6.82. The van der Waals surface area contributed by atoms with Crippen LogP contribution in [0.25, 0.3) is 0 Å². The number of carbonyl (C=O) groups excluding carboxylic acids is 5. The number of halogens is 6. The van der Waals surface area contributed by atoms with Crippen molar-refractivity contribution >= 4 is 29.4 Å². The molecule has 2 rings (SSSR count). The number of likely N-dealkylation sites (tertiary alicyclic amines) is 1. The Labute approximate surface area is 207 Å². The summed E-state index contributed by atoms with van der Waals surface area (Å²) in [4.78, 5) is 62.7. The number of nitrogens with one attached hydrogen (secondary N) is 3. The number of ketones is 1. The number of Topliss-reactive ketones (excluding diaryl/α,β-unsaturated/α-hetero) is 1. The predicted octanol–water partition coefficient (Wildman–Crippen LogP) is 0.797. The molecule has 0 aromatic heterocycles. The number of rotatable bonds is 7. The molecule has 4 amide bonds. The van der Waals surface area contributed by atoms with E-state index in [4.69, 9.17) is 0 Å². The van der Waals surface area contributed by atoms with Crippen LogP contribution in [0.2, 0.25) is 0 Å². The molecule has 2 aliphatic rings. The van der Waals surface area contributed by atoms with Crippen LogP contribution in [0.15, 0.2) is 0 Å². The normalized spacial score (nSPS) is 23.4. The lowest BCUT2D eigenvalue weighted by atomic mass is 9.95. The van der Waals surface area contributed by atoms with Crippen LogP contribution in [0.1, 0.15) is 40.0 Å². The van der Waals surface area contributed by atoms with Crippen LogP contribution in [0.4, 0.5) is 26.3 Å². The molecule has 0 aliphatic carbocycles. The van der Waals surface area contributed by atoms with E-state index in [1.54, 1.807) is 0 Å². The molecular formula is C21H28F6N4O6. The second kappa shape index (κ2) is 11.2. The van der Waals surface area contributed by atoms with Gasteiger partial charge in [0.05, 0.1) is 12.0 Å². The van der Waals surface area contributed by atoms with Crippen molar-refractivity contribution in [2.24, 2.45) is 11.8 Å². The van der Waals surface area contributed by atoms with Crippen molar-refractivity contribution in [2.75, 3.05) is 19.7 Å². The average molecular weight is 546 g/mol. The first-order valence-corrected chi connectivity index (χ1v) is 11.3. The van der Waals surface area contributed by atoms with E-state index in [2.05, 4.69) is 20.7 Å². The van der Waals surface area contributed by atoms with Gasteiger partial charge < -0.3 is 20.9 Å². The van der Waals surface area contributed by atoms with E-state index in [9.17, 15) is 50.3 Å². The number of alkyl halides is 6. The zero-order valence-corrected chi connectivity index (χ0v) is 20.2. The molecule has 4 atom stereocenters. The third kappa shape index (κ3) is 8.86. The second-order valence-electron chi connectivity index (χ2n) is 9.93. The van der Waals surface area contributed by atoms with Gasteiger partial charge in [-0.15, -0.1) is 13.2 Å². The first-order chi connectivity index (χ1) is 16.8. The Bertz CT molecular complexity index is 917. The lowest BCUT2D eigenvalue weighted by Crippen LogP contribution is -2.55. The van der Waals surface area contributed by atoms with Crippen molar-refractivity contribution in [1.82, 2.24) is 20.9 Å². The van der Waals surface area contributed by atoms with Gasteiger partial charge in [0, 0.05) is 24.5 Å². The highest BCUT2D eigenvalue weighted by Gasteiger charge is 2.52. The summed E-state index contributed by atoms with van der Waals surface area (Å²) in [7, 11) is 0. The van der Waals surface area contributed by atoms with Crippen molar-refractivity contribution in [1.29, 1.82) is 0 Å². The van der Waals surface area contributed by atoms with E-state index in [0.29, 0.717) is 4.90 Å². The van der Waals surface area contributed by atoms with E-state index >= 15 is 0 Å². The fraction of sp³-hybridized carbons (Fsp3) is 0.762. The number of amides is 4. The quantitative estimate of drug-likeness (QED) is 0.320. The van der Waals surface area contributed by atoms with Gasteiger partial charge in [-0.2, -0.15) is 13.2 Å². The Morgan fingerprint density at radius 2 is 1.73 bits per heavy atom. The van der Waals surface area contributed by atoms with E-state index in [0.717, 1.165) is 0 Å². The third-order valence-electron chi connectivity index (χ3n) is 5.78. The summed E-state index contributed by atoms with van der Waals surface area (Å²) in [5.41, 5.74) is -0.925. The molecule has 0 aromatic rings. The van der Waals surface area contributed by atoms with Crippen LogP contribution in [0.5, 0.6) is 0 Å². The molecule has 3 N–H and O–H groups in total. The van der Waals surface area contributed by atoms with Gasteiger partial charge in [-0.1, -0.05) is 0 Å². The first kappa shape index (κ1) is 30.3. The van der Waals surface area contributed by atoms with E-state index < -0.39 is 97.4 Å². The van der Waals surface area contributed by atoms with E-state index in [-0.39, 0.29) is 13.0 Å². The predicted molar refractivity (Wildman–Crippen MR) is 112 cm³/mol. The molecule has 37 heavy (non-hydrogen) atoms. The van der Waals surface area contributed by atoms with Gasteiger partial charge in [0.25, 0.3) is 0 Å². The number of nitrogens with zero attached hydrogens (tertiary/aromatic N) is 1. The Morgan fingerprint density at radius 1 is 1.11 bits per heavy atom. The zero-order valence-electron chi connectivity index (χ0n) is 20.2. The minimum Gasteiger partial charge on any atom is -0.356 e. The second-order valence-corrected chi connectivity index (χ2v) is 9.93. The number of hydrogen-bond acceptors (Lipinski definition) is 6. The Hall–Kier alpha value is -2.91. The van der Waals surface area contributed by atoms with Gasteiger partial charge in [-0.05, 0) is 40.0 Å². The molecule has 2 fully saturated rings. The summed E-state index contributed by atoms with van der Waals surface area (Å²) in [6.45, 7) is 2.24. The van der Waals surface area contributed by atoms with E-state index in [1.807, 2.05) is 0 Å². The Balaban J connectivity index is 2.26. The van der Waals surface area contributed by atoms with Crippen molar-refractivity contribution in [2.45, 2.75) is 70.2 Å². The molecule has 0 saturated carbocycles. The van der Waals surface area contributed by atoms with Gasteiger partial charge in [-0.3, -0.25) is 28.7 Å². The maximum Gasteiger partial charge on any atom is 0.522 e. The minimum atomic E-state index is -5.18. The number of carbonyl (C=O) groups is 5. The first-order valence-electron chi connectivity index (χ1n) is 11.3. The largest absolute Gasteiger partial charge is 0.522 e. The molecule has 0 aromatic carbocycles. The fourth-order valence-corrected chi connectivity index (χ4v) is 4.02. The van der Waals surface area contributed by atoms with Crippen molar-refractivity contribution in [3.63, 3.8) is 0 Å². The highest BCUT2D eigenvalue weighted by Crippen LogP contribution is 2.37. The monoisotopic (exact) mass is 546 g/mol. The summed E-state index contributed by atoms with van der Waals surface area (Å²) in [6, 6.07) is -3.57. The lowest BCUT2D eigenvalue weighted by Gasteiger charge is -2.28. The van der Waals surface area contributed by atoms with Gasteiger partial charge in [0.15, 0.2) is 5.78 Å². The van der Waals surface area contributed by atoms with Crippen LogP contribution >= 0.6 is 0 Å². The smallest absolute Gasteiger partial charge is 0.356 e. The van der Waals surface area contributed by atoms with Crippen LogP contribution in [-0.4, -0.2) is 84.2 Å². The average Bonchev–Trinajstić information content (AvgIpc) is 3.35. The van der Waals surface area contributed by atoms with Crippen LogP contribution in [-0.2, 0) is 28.7 Å². The van der Waals surface area contributed by atoms with Gasteiger partial charge >= 0.3 is 24.4 Å². The summed E-state index contributed by atoms with van der Waals surface area (Å²) in [5.74, 6) is -8.79. The molecule has 16 heteroatoms. The standard InChI is InChI=1S/C21H28F6N4O6/c1-19(2,3)30-17(35)18(36)31-8-11(20(22,23)24)7-13(31)16(34)29-12(6-10-4-5-28-15(10)33)14(32)9-37-21(25,26)27/h10-13H,4-9H2,1-3H3,(H,28,33)(H,29,34)(H,30,35)/t10-,11+,12-,13-/m0/s1. The molecule has 10 nitrogen and oxygen atoms in total. The molecule has 2 heterocycles. The van der Waals surface area contributed by atoms with Crippen molar-refractivity contribution in [3.8, 4) is 0 Å². The minimum absolute atomic E-state index is 0.204. The topological polar surface area (TPSA) is 134 Å². The summed E-state index contributed by atoms with van der Waals surface area (Å²) in [6.07, 6.45) is -11.2. The zero-order chi connectivity index (χ0) is 28.3. The molecule has 0 spiro atoms. The SMILES string of the molecule is CC(C)(C)NC(=O)C(=O)N1C[C@H](C(F)(F)F)C[C@H]1C(=O)N[C@@H](C[C@@H]1CCNC1=O)C(=O)COC(F)(F)F. The molecule has 0 unspecified atom stereocenters. The molecule has 2 aliphatic heterocycles. The maximum absolute atomic E-state index is 13.4. The van der Waals surface area contributed by atoms with Gasteiger partial charge in [0.1, 0.15) is 12.6 Å². The highest BCUT2D eigenvalue weighted by molar-refractivity contribution is 6.35. The van der Waals surface area contributed by atoms with Gasteiger partial charge in [-0.25, -0.2) is 0 Å². The number of hydrogen-bond donors (Lipinski definition) is 3. The summed E-state index contributed by atoms with van der Waals surface area (Å²) < 4.78 is 81.1. The van der Waals surface area contributed by atoms with Gasteiger partial charge in [0.2, 0.25) is 11.8 Å². The van der Waals surface area contributed by atoms with Crippen LogP contribution in [0.3, 0.4) is 0 Å². The molecule has 210 valence electrons. The summed E-state index contributed by atoms with van der Waals surface area (Å²) >= 11 is 0. The molecule has 0 bridgehead atoms. The van der Waals surface area contributed by atoms with Crippen molar-refractivity contribution in [3.05, 3.63) is 0 Å². The van der Waals surface area contributed by atoms with Crippen LogP contribution < -0.4 is 16.0 Å². The molecular weight excluding hydrogens is 518 g/mol. The van der Waals surface area contributed by atoms with Crippen LogP contribution in [0, 0.1) is 11.8 Å². The number of ether oxygens (including phenoxy) is 1.